The molecule has 0 aromatic heterocycles. The second kappa shape index (κ2) is 9.97. The Bertz CT molecular complexity index is 1260. The van der Waals surface area contributed by atoms with Crippen molar-refractivity contribution in [3.8, 4) is 11.5 Å². The largest absolute Gasteiger partial charge is 0.481 e. The van der Waals surface area contributed by atoms with E-state index in [1.807, 2.05) is 31.2 Å². The number of aliphatic imine (C=N–C) groups is 1. The van der Waals surface area contributed by atoms with Gasteiger partial charge in [-0.25, -0.2) is 8.42 Å². The van der Waals surface area contributed by atoms with Crippen LogP contribution in [-0.2, 0) is 19.4 Å². The van der Waals surface area contributed by atoms with Crippen LogP contribution >= 0.6 is 23.4 Å². The number of aryl methyl sites for hydroxylation is 1. The number of carboxylic acids is 1. The quantitative estimate of drug-likeness (QED) is 0.572. The minimum Gasteiger partial charge on any atom is -0.481 e. The second-order valence-electron chi connectivity index (χ2n) is 8.24. The molecule has 1 amide bonds. The van der Waals surface area contributed by atoms with Crippen molar-refractivity contribution in [1.29, 1.82) is 0 Å². The van der Waals surface area contributed by atoms with Crippen molar-refractivity contribution in [2.24, 2.45) is 4.99 Å². The van der Waals surface area contributed by atoms with E-state index in [0.717, 1.165) is 5.56 Å². The van der Waals surface area contributed by atoms with Crippen molar-refractivity contribution >= 4 is 55.9 Å². The fourth-order valence-electron chi connectivity index (χ4n) is 3.97. The normalized spacial score (nSPS) is 22.1. The molecule has 2 saturated heterocycles. The third-order valence-corrected chi connectivity index (χ3v) is 8.91. The van der Waals surface area contributed by atoms with E-state index in [1.54, 1.807) is 23.1 Å². The van der Waals surface area contributed by atoms with E-state index in [9.17, 15) is 18.0 Å². The standard InChI is InChI=1S/C23H23ClN2O6S2/c1-14-4-2-5-16(10-14)32-19-9-8-15(24)11-17(19)26-18-12-34(30,31)13-20(18)33-23(26)25-21(27)6-3-7-22(28)29/h2,4-5,8-11,18,20H,3,6-7,12-13H2,1H3,(H,28,29)/t18-,20-/m0/s1. The molecule has 4 rings (SSSR count). The minimum absolute atomic E-state index is 0.0139. The summed E-state index contributed by atoms with van der Waals surface area (Å²) in [6.45, 7) is 1.95. The summed E-state index contributed by atoms with van der Waals surface area (Å²) in [7, 11) is -3.25. The predicted octanol–water partition coefficient (Wildman–Crippen LogP) is 4.30. The Kier molecular flexibility index (Phi) is 7.20. The first-order valence-corrected chi connectivity index (χ1v) is 13.7. The van der Waals surface area contributed by atoms with Gasteiger partial charge in [-0.2, -0.15) is 4.99 Å². The third kappa shape index (κ3) is 5.73. The van der Waals surface area contributed by atoms with E-state index in [0.29, 0.717) is 27.4 Å². The van der Waals surface area contributed by atoms with E-state index in [1.165, 1.54) is 11.8 Å². The van der Waals surface area contributed by atoms with Crippen LogP contribution in [0.4, 0.5) is 5.69 Å². The molecule has 2 aromatic carbocycles. The molecule has 34 heavy (non-hydrogen) atoms. The van der Waals surface area contributed by atoms with Gasteiger partial charge in [0.1, 0.15) is 5.75 Å². The van der Waals surface area contributed by atoms with Gasteiger partial charge < -0.3 is 14.7 Å². The molecule has 0 unspecified atom stereocenters. The number of anilines is 1. The van der Waals surface area contributed by atoms with E-state index in [2.05, 4.69) is 4.99 Å². The van der Waals surface area contributed by atoms with E-state index in [4.69, 9.17) is 21.4 Å². The summed E-state index contributed by atoms with van der Waals surface area (Å²) in [6.07, 6.45) is 0.0372. The number of nitrogens with zero attached hydrogens (tertiary/aromatic N) is 2. The topological polar surface area (TPSA) is 113 Å². The van der Waals surface area contributed by atoms with Crippen LogP contribution in [-0.4, -0.2) is 53.4 Å². The number of ether oxygens (including phenoxy) is 1. The van der Waals surface area contributed by atoms with E-state index >= 15 is 0 Å². The number of hydrogen-bond acceptors (Lipinski definition) is 6. The summed E-state index contributed by atoms with van der Waals surface area (Å²) in [6, 6.07) is 12.1. The van der Waals surface area contributed by atoms with E-state index < -0.39 is 27.8 Å². The van der Waals surface area contributed by atoms with Crippen molar-refractivity contribution < 1.29 is 27.9 Å². The average Bonchev–Trinajstić information content (AvgIpc) is 3.19. The number of amides is 1. The van der Waals surface area contributed by atoms with Gasteiger partial charge in [-0.1, -0.05) is 35.5 Å². The molecule has 11 heteroatoms. The zero-order valence-electron chi connectivity index (χ0n) is 18.3. The first-order valence-electron chi connectivity index (χ1n) is 10.6. The van der Waals surface area contributed by atoms with E-state index in [-0.39, 0.29) is 36.0 Å². The summed E-state index contributed by atoms with van der Waals surface area (Å²) in [5.74, 6) is -0.470. The molecule has 1 N–H and O–H groups in total. The fourth-order valence-corrected chi connectivity index (χ4v) is 8.06. The van der Waals surface area contributed by atoms with Gasteiger partial charge in [0.15, 0.2) is 20.8 Å². The van der Waals surface area contributed by atoms with Gasteiger partial charge in [0.05, 0.1) is 23.2 Å². The highest BCUT2D eigenvalue weighted by molar-refractivity contribution is 8.16. The lowest BCUT2D eigenvalue weighted by Crippen LogP contribution is -2.38. The maximum absolute atomic E-state index is 12.5. The minimum atomic E-state index is -3.25. The molecule has 2 fully saturated rings. The molecular weight excluding hydrogens is 500 g/mol. The number of fused-ring (bicyclic) bond motifs is 1. The van der Waals surface area contributed by atoms with Gasteiger partial charge in [0.25, 0.3) is 0 Å². The Labute approximate surface area is 206 Å². The lowest BCUT2D eigenvalue weighted by atomic mass is 10.2. The molecule has 0 aliphatic carbocycles. The van der Waals surface area contributed by atoms with Crippen LogP contribution in [0.5, 0.6) is 11.5 Å². The lowest BCUT2D eigenvalue weighted by molar-refractivity contribution is -0.137. The monoisotopic (exact) mass is 522 g/mol. The van der Waals surface area contributed by atoms with Gasteiger partial charge in [-0.05, 0) is 49.2 Å². The number of rotatable bonds is 7. The molecule has 0 radical (unpaired) electrons. The number of carboxylic acid groups (broad SMARTS) is 1. The Morgan fingerprint density at radius 2 is 2.00 bits per heavy atom. The Balaban J connectivity index is 1.71. The number of hydrogen-bond donors (Lipinski definition) is 1. The number of halogens is 1. The molecule has 0 spiro atoms. The highest BCUT2D eigenvalue weighted by atomic mass is 35.5. The fraction of sp³-hybridized carbons (Fsp3) is 0.348. The first kappa shape index (κ1) is 24.6. The number of aliphatic carboxylic acids is 1. The molecule has 2 heterocycles. The number of thioether (sulfide) groups is 1. The van der Waals surface area contributed by atoms with Crippen molar-refractivity contribution in [2.45, 2.75) is 37.5 Å². The zero-order chi connectivity index (χ0) is 24.5. The third-order valence-electron chi connectivity index (χ3n) is 5.47. The van der Waals surface area contributed by atoms with Gasteiger partial charge in [-0.15, -0.1) is 0 Å². The summed E-state index contributed by atoms with van der Waals surface area (Å²) >= 11 is 7.54. The van der Waals surface area contributed by atoms with Crippen LogP contribution in [0.1, 0.15) is 24.8 Å². The number of benzene rings is 2. The van der Waals surface area contributed by atoms with Crippen LogP contribution in [0, 0.1) is 6.92 Å². The van der Waals surface area contributed by atoms with Gasteiger partial charge in [-0.3, -0.25) is 9.59 Å². The lowest BCUT2D eigenvalue weighted by Gasteiger charge is -2.27. The van der Waals surface area contributed by atoms with Crippen LogP contribution in [0.3, 0.4) is 0 Å². The summed E-state index contributed by atoms with van der Waals surface area (Å²) in [5.41, 5.74) is 1.53. The zero-order valence-corrected chi connectivity index (χ0v) is 20.7. The molecule has 2 aliphatic rings. The van der Waals surface area contributed by atoms with Crippen molar-refractivity contribution in [3.63, 3.8) is 0 Å². The van der Waals surface area contributed by atoms with Gasteiger partial charge in [0, 0.05) is 23.1 Å². The number of amidine groups is 1. The predicted molar refractivity (Wildman–Crippen MR) is 133 cm³/mol. The van der Waals surface area contributed by atoms with Gasteiger partial charge in [0.2, 0.25) is 5.91 Å². The molecule has 2 aromatic rings. The molecule has 8 nitrogen and oxygen atoms in total. The van der Waals surface area contributed by atoms with Crippen molar-refractivity contribution in [3.05, 3.63) is 53.1 Å². The SMILES string of the molecule is Cc1cccc(Oc2ccc(Cl)cc2N2C(=NC(=O)CCCC(=O)O)S[C@H]3CS(=O)(=O)C[C@@H]32)c1. The first-order chi connectivity index (χ1) is 16.1. The summed E-state index contributed by atoms with van der Waals surface area (Å²) in [5, 5.41) is 9.31. The molecule has 2 aliphatic heterocycles. The summed E-state index contributed by atoms with van der Waals surface area (Å²) in [4.78, 5) is 29.2. The molecule has 180 valence electrons. The highest BCUT2D eigenvalue weighted by Crippen LogP contribution is 2.45. The molecular formula is C23H23ClN2O6S2. The number of sulfone groups is 1. The Hall–Kier alpha value is -2.56. The maximum Gasteiger partial charge on any atom is 0.303 e. The second-order valence-corrected chi connectivity index (χ2v) is 12.0. The Morgan fingerprint density at radius 3 is 2.74 bits per heavy atom. The van der Waals surface area contributed by atoms with Crippen molar-refractivity contribution in [1.82, 2.24) is 0 Å². The molecule has 2 atom stereocenters. The molecule has 0 saturated carbocycles. The average molecular weight is 523 g/mol. The molecule has 0 bridgehead atoms. The Morgan fingerprint density at radius 1 is 1.21 bits per heavy atom. The summed E-state index contributed by atoms with van der Waals surface area (Å²) < 4.78 is 30.9. The van der Waals surface area contributed by atoms with Crippen LogP contribution in [0.2, 0.25) is 5.02 Å². The number of carbonyl (C=O) groups is 2. The van der Waals surface area contributed by atoms with Crippen LogP contribution in [0.25, 0.3) is 0 Å². The van der Waals surface area contributed by atoms with Crippen molar-refractivity contribution in [2.75, 3.05) is 16.4 Å². The van der Waals surface area contributed by atoms with Crippen LogP contribution < -0.4 is 9.64 Å². The number of carbonyl (C=O) groups excluding carboxylic acids is 1. The maximum atomic E-state index is 12.5. The van der Waals surface area contributed by atoms with Gasteiger partial charge >= 0.3 is 5.97 Å². The smallest absolute Gasteiger partial charge is 0.303 e. The van der Waals surface area contributed by atoms with Crippen LogP contribution in [0.15, 0.2) is 47.5 Å². The highest BCUT2D eigenvalue weighted by Gasteiger charge is 2.50.